The van der Waals surface area contributed by atoms with Crippen LogP contribution in [0.1, 0.15) is 16.7 Å². The number of hydrogen-bond acceptors (Lipinski definition) is 0. The van der Waals surface area contributed by atoms with Gasteiger partial charge in [-0.1, -0.05) is 406 Å². The number of fused-ring (bicyclic) bond motifs is 11. The summed E-state index contributed by atoms with van der Waals surface area (Å²) in [4.78, 5) is 0. The van der Waals surface area contributed by atoms with Gasteiger partial charge in [-0.15, -0.1) is 0 Å². The van der Waals surface area contributed by atoms with Gasteiger partial charge in [0, 0.05) is 0 Å². The standard InChI is InChI=1S/2C41H25F3.C37H23F3/c2*42-41(43,44)30-23-24-37-38(25-30)40(34-18-8-12-27-10-2-4-14-33(27)34)36-16-6-5-15-35(36)39(37)29-21-19-28(20-22-29)32-17-7-11-26-9-1-3-13-31(26)32;38-37(39,40)28-21-22-33-34(23-28)36(30-16-8-12-26-11-4-5-13-29(26)30)32-15-7-6-14-31(32)35(33)27-19-17-25(18-20-27)24-9-2-1-3-10-24/h2*1-25H;1-23H. The molecule has 0 radical (unpaired) electrons. The van der Waals surface area contributed by atoms with Crippen molar-refractivity contribution in [2.45, 2.75) is 18.5 Å². The van der Waals surface area contributed by atoms with Crippen LogP contribution in [0.4, 0.5) is 39.5 Å². The molecule has 0 aliphatic rings. The maximum atomic E-state index is 14.2. The molecule has 9 heteroatoms. The van der Waals surface area contributed by atoms with Gasteiger partial charge >= 0.3 is 18.5 Å². The molecule has 0 aromatic heterocycles. The first kappa shape index (κ1) is 79.5. The van der Waals surface area contributed by atoms with Crippen LogP contribution in [-0.4, -0.2) is 0 Å². The van der Waals surface area contributed by atoms with Crippen molar-refractivity contribution in [3.63, 3.8) is 0 Å². The molecule has 0 heterocycles. The molecule has 0 saturated heterocycles. The molecule has 0 aliphatic heterocycles. The van der Waals surface area contributed by atoms with E-state index in [2.05, 4.69) is 164 Å². The molecule has 612 valence electrons. The van der Waals surface area contributed by atoms with Gasteiger partial charge in [0.05, 0.1) is 16.7 Å². The van der Waals surface area contributed by atoms with Gasteiger partial charge in [0.1, 0.15) is 0 Å². The van der Waals surface area contributed by atoms with Crippen LogP contribution >= 0.6 is 0 Å². The van der Waals surface area contributed by atoms with E-state index in [1.807, 2.05) is 224 Å². The predicted molar refractivity (Wildman–Crippen MR) is 516 cm³/mol. The van der Waals surface area contributed by atoms with Crippen molar-refractivity contribution in [3.8, 4) is 100 Å². The Morgan fingerprint density at radius 1 is 0.117 bits per heavy atom. The largest absolute Gasteiger partial charge is 0.416 e. The van der Waals surface area contributed by atoms with Crippen LogP contribution in [-0.2, 0) is 18.5 Å². The van der Waals surface area contributed by atoms with Gasteiger partial charge in [0.25, 0.3) is 0 Å². The number of hydrogen-bond donors (Lipinski definition) is 0. The molecule has 0 fully saturated rings. The van der Waals surface area contributed by atoms with Gasteiger partial charge in [0.15, 0.2) is 0 Å². The van der Waals surface area contributed by atoms with Crippen LogP contribution < -0.4 is 0 Å². The fourth-order valence-corrected chi connectivity index (χ4v) is 19.2. The molecular weight excluding hydrogens is 1600 g/mol. The summed E-state index contributed by atoms with van der Waals surface area (Å²) < 4.78 is 127. The quantitative estimate of drug-likeness (QED) is 0.0998. The average Bonchev–Trinajstić information content (AvgIpc) is 0.731. The minimum absolute atomic E-state index is 0.586. The third-order valence-corrected chi connectivity index (χ3v) is 25.1. The Labute approximate surface area is 731 Å². The van der Waals surface area contributed by atoms with E-state index in [1.54, 1.807) is 18.2 Å². The summed E-state index contributed by atoms with van der Waals surface area (Å²) in [5, 5.41) is 20.8. The molecule has 128 heavy (non-hydrogen) atoms. The summed E-state index contributed by atoms with van der Waals surface area (Å²) >= 11 is 0. The maximum absolute atomic E-state index is 14.2. The van der Waals surface area contributed by atoms with Crippen molar-refractivity contribution in [2.24, 2.45) is 0 Å². The Hall–Kier alpha value is -15.7. The van der Waals surface area contributed by atoms with Crippen molar-refractivity contribution in [1.82, 2.24) is 0 Å². The van der Waals surface area contributed by atoms with Crippen molar-refractivity contribution in [1.29, 1.82) is 0 Å². The Kier molecular flexibility index (Phi) is 20.1. The number of halogens is 9. The Bertz CT molecular complexity index is 7930. The lowest BCUT2D eigenvalue weighted by Gasteiger charge is -2.20. The van der Waals surface area contributed by atoms with Crippen molar-refractivity contribution >= 4 is 118 Å². The summed E-state index contributed by atoms with van der Waals surface area (Å²) in [6.07, 6.45) is -13.4. The van der Waals surface area contributed by atoms with Crippen LogP contribution in [0.5, 0.6) is 0 Å². The third-order valence-electron chi connectivity index (χ3n) is 25.1. The molecule has 0 bridgehead atoms. The van der Waals surface area contributed by atoms with E-state index < -0.39 is 35.2 Å². The molecule has 23 aromatic carbocycles. The van der Waals surface area contributed by atoms with Gasteiger partial charge in [-0.2, -0.15) is 39.5 Å². The highest BCUT2D eigenvalue weighted by Gasteiger charge is 2.35. The molecular formula is C119H73F9. The molecule has 0 nitrogen and oxygen atoms in total. The minimum atomic E-state index is -4.46. The van der Waals surface area contributed by atoms with Crippen molar-refractivity contribution in [3.05, 3.63) is 460 Å². The first-order chi connectivity index (χ1) is 62.4. The van der Waals surface area contributed by atoms with Crippen LogP contribution in [0.2, 0.25) is 0 Å². The smallest absolute Gasteiger partial charge is 0.166 e. The molecule has 0 unspecified atom stereocenters. The zero-order valence-corrected chi connectivity index (χ0v) is 68.5. The van der Waals surface area contributed by atoms with Gasteiger partial charge in [0.2, 0.25) is 0 Å². The van der Waals surface area contributed by atoms with Crippen molar-refractivity contribution in [2.75, 3.05) is 0 Å². The SMILES string of the molecule is FC(F)(F)c1ccc2c(-c3ccc(-c4cccc5ccccc45)cc3)c3ccccc3c(-c3cccc4ccccc34)c2c1.FC(F)(F)c1ccc2c(-c3ccc(-c4cccc5ccccc45)cc3)c3ccccc3c(-c3cccc4ccccc34)c2c1.FC(F)(F)c1ccc2c(-c3ccc(-c4ccccc4)cc3)c3ccccc3c(-c3cccc4ccccc34)c2c1. The maximum Gasteiger partial charge on any atom is 0.416 e. The van der Waals surface area contributed by atoms with Crippen molar-refractivity contribution < 1.29 is 39.5 Å². The van der Waals surface area contributed by atoms with Crippen LogP contribution in [0.3, 0.4) is 0 Å². The number of rotatable bonds is 9. The summed E-state index contributed by atoms with van der Waals surface area (Å²) in [6, 6.07) is 143. The molecule has 0 saturated carbocycles. The second-order valence-corrected chi connectivity index (χ2v) is 32.4. The van der Waals surface area contributed by atoms with E-state index in [0.717, 1.165) is 181 Å². The molecule has 0 spiro atoms. The van der Waals surface area contributed by atoms with Gasteiger partial charge in [-0.25, -0.2) is 0 Å². The third kappa shape index (κ3) is 14.5. The Morgan fingerprint density at radius 3 is 0.570 bits per heavy atom. The molecule has 0 atom stereocenters. The normalized spacial score (nSPS) is 11.9. The fourth-order valence-electron chi connectivity index (χ4n) is 19.2. The summed E-state index contributed by atoms with van der Waals surface area (Å²) in [7, 11) is 0. The first-order valence-corrected chi connectivity index (χ1v) is 42.4. The fraction of sp³-hybridized carbons (Fsp3) is 0.0252. The second kappa shape index (κ2) is 32.4. The lowest BCUT2D eigenvalue weighted by atomic mass is 9.84. The summed E-state index contributed by atoms with van der Waals surface area (Å²) in [5.41, 5.74) is 15.6. The van der Waals surface area contributed by atoms with Gasteiger partial charge in [-0.3, -0.25) is 0 Å². The monoisotopic (exact) mass is 1670 g/mol. The lowest BCUT2D eigenvalue weighted by molar-refractivity contribution is -0.138. The zero-order chi connectivity index (χ0) is 86.9. The predicted octanol–water partition coefficient (Wildman–Crippen LogP) is 35.8. The molecule has 23 rings (SSSR count). The van der Waals surface area contributed by atoms with E-state index in [1.165, 1.54) is 57.9 Å². The molecule has 0 aliphatic carbocycles. The van der Waals surface area contributed by atoms with E-state index in [4.69, 9.17) is 0 Å². The highest BCUT2D eigenvalue weighted by Crippen LogP contribution is 2.53. The summed E-state index contributed by atoms with van der Waals surface area (Å²) in [5.74, 6) is 0. The topological polar surface area (TPSA) is 0 Å². The number of alkyl halides is 9. The molecule has 0 amide bonds. The first-order valence-electron chi connectivity index (χ1n) is 42.4. The summed E-state index contributed by atoms with van der Waals surface area (Å²) in [6.45, 7) is 0. The van der Waals surface area contributed by atoms with Crippen LogP contribution in [0.15, 0.2) is 443 Å². The highest BCUT2D eigenvalue weighted by molar-refractivity contribution is 6.27. The Balaban J connectivity index is 0.000000117. The molecule has 0 N–H and O–H groups in total. The number of benzene rings is 23. The second-order valence-electron chi connectivity index (χ2n) is 32.4. The van der Waals surface area contributed by atoms with E-state index in [0.29, 0.717) is 16.2 Å². The lowest BCUT2D eigenvalue weighted by Crippen LogP contribution is -2.05. The van der Waals surface area contributed by atoms with Crippen LogP contribution in [0, 0.1) is 0 Å². The highest BCUT2D eigenvalue weighted by atomic mass is 19.4. The van der Waals surface area contributed by atoms with E-state index >= 15 is 0 Å². The van der Waals surface area contributed by atoms with E-state index in [-0.39, 0.29) is 0 Å². The van der Waals surface area contributed by atoms with E-state index in [9.17, 15) is 39.5 Å². The van der Waals surface area contributed by atoms with Gasteiger partial charge in [-0.05, 0) is 255 Å². The van der Waals surface area contributed by atoms with Gasteiger partial charge < -0.3 is 0 Å². The molecule has 23 aromatic rings. The zero-order valence-electron chi connectivity index (χ0n) is 68.5. The average molecular weight is 1670 g/mol. The van der Waals surface area contributed by atoms with Crippen LogP contribution in [0.25, 0.3) is 219 Å². The minimum Gasteiger partial charge on any atom is -0.166 e. The Morgan fingerprint density at radius 2 is 0.305 bits per heavy atom.